The van der Waals surface area contributed by atoms with Crippen molar-refractivity contribution in [3.8, 4) is 5.75 Å². The van der Waals surface area contributed by atoms with Gasteiger partial charge in [-0.1, -0.05) is 35.9 Å². The SMILES string of the molecule is Cc1cccc(OCCNC(=O)c2ccc(CN(c3ccc(Cl)cc3C(F)(F)F)S(C)(=O)=O)cc2)c1. The van der Waals surface area contributed by atoms with Crippen LogP contribution in [-0.4, -0.2) is 33.7 Å². The Kier molecular flexibility index (Phi) is 8.52. The van der Waals surface area contributed by atoms with Gasteiger partial charge in [-0.05, 0) is 60.5 Å². The average molecular weight is 541 g/mol. The van der Waals surface area contributed by atoms with Crippen molar-refractivity contribution in [3.63, 3.8) is 0 Å². The van der Waals surface area contributed by atoms with E-state index in [4.69, 9.17) is 16.3 Å². The van der Waals surface area contributed by atoms with Gasteiger partial charge in [0, 0.05) is 10.6 Å². The number of carbonyl (C=O) groups excluding carboxylic acids is 1. The van der Waals surface area contributed by atoms with E-state index in [1.54, 1.807) is 0 Å². The Balaban J connectivity index is 1.68. The summed E-state index contributed by atoms with van der Waals surface area (Å²) in [6.45, 7) is 2.10. The molecule has 1 N–H and O–H groups in total. The lowest BCUT2D eigenvalue weighted by Gasteiger charge is -2.26. The summed E-state index contributed by atoms with van der Waals surface area (Å²) in [5, 5.41) is 2.55. The van der Waals surface area contributed by atoms with E-state index in [2.05, 4.69) is 5.32 Å². The smallest absolute Gasteiger partial charge is 0.418 e. The van der Waals surface area contributed by atoms with E-state index in [1.807, 2.05) is 31.2 Å². The van der Waals surface area contributed by atoms with Crippen LogP contribution in [-0.2, 0) is 22.7 Å². The van der Waals surface area contributed by atoms with Gasteiger partial charge in [0.25, 0.3) is 5.91 Å². The minimum atomic E-state index is -4.81. The van der Waals surface area contributed by atoms with Crippen LogP contribution in [0.15, 0.2) is 66.7 Å². The largest absolute Gasteiger partial charge is 0.492 e. The number of sulfonamides is 1. The molecule has 0 radical (unpaired) electrons. The Hall–Kier alpha value is -3.24. The van der Waals surface area contributed by atoms with Crippen molar-refractivity contribution in [1.82, 2.24) is 5.32 Å². The third-order valence-electron chi connectivity index (χ3n) is 5.12. The molecular formula is C25H24ClF3N2O4S. The van der Waals surface area contributed by atoms with Gasteiger partial charge in [0.2, 0.25) is 10.0 Å². The summed E-state index contributed by atoms with van der Waals surface area (Å²) in [6, 6.07) is 16.3. The Morgan fingerprint density at radius 2 is 1.75 bits per heavy atom. The van der Waals surface area contributed by atoms with Crippen LogP contribution in [0.4, 0.5) is 18.9 Å². The molecule has 0 saturated heterocycles. The van der Waals surface area contributed by atoms with Crippen LogP contribution >= 0.6 is 11.6 Å². The van der Waals surface area contributed by atoms with Gasteiger partial charge < -0.3 is 10.1 Å². The first-order valence-corrected chi connectivity index (χ1v) is 13.0. The Morgan fingerprint density at radius 1 is 1.06 bits per heavy atom. The maximum atomic E-state index is 13.6. The third-order valence-corrected chi connectivity index (χ3v) is 6.48. The number of halogens is 4. The number of nitrogens with zero attached hydrogens (tertiary/aromatic N) is 1. The highest BCUT2D eigenvalue weighted by atomic mass is 35.5. The molecule has 0 aromatic heterocycles. The molecule has 0 heterocycles. The van der Waals surface area contributed by atoms with E-state index in [0.717, 1.165) is 17.9 Å². The molecule has 3 aromatic carbocycles. The molecule has 36 heavy (non-hydrogen) atoms. The fourth-order valence-electron chi connectivity index (χ4n) is 3.40. The van der Waals surface area contributed by atoms with Crippen LogP contribution in [0.2, 0.25) is 5.02 Å². The van der Waals surface area contributed by atoms with Crippen LogP contribution < -0.4 is 14.4 Å². The molecule has 0 spiro atoms. The number of hydrogen-bond acceptors (Lipinski definition) is 4. The van der Waals surface area contributed by atoms with Crippen LogP contribution in [0, 0.1) is 6.92 Å². The zero-order valence-corrected chi connectivity index (χ0v) is 21.0. The van der Waals surface area contributed by atoms with Crippen LogP contribution in [0.1, 0.15) is 27.0 Å². The summed E-state index contributed by atoms with van der Waals surface area (Å²) in [4.78, 5) is 12.4. The van der Waals surface area contributed by atoms with Gasteiger partial charge in [-0.2, -0.15) is 13.2 Å². The maximum Gasteiger partial charge on any atom is 0.418 e. The maximum absolute atomic E-state index is 13.6. The number of alkyl halides is 3. The van der Waals surface area contributed by atoms with Crippen LogP contribution in [0.5, 0.6) is 5.75 Å². The first kappa shape index (κ1) is 27.3. The predicted octanol–water partition coefficient (Wildman–Crippen LogP) is 5.44. The molecule has 3 aromatic rings. The van der Waals surface area contributed by atoms with E-state index < -0.39 is 27.5 Å². The summed E-state index contributed by atoms with van der Waals surface area (Å²) >= 11 is 5.72. The van der Waals surface area contributed by atoms with Crippen molar-refractivity contribution >= 4 is 33.2 Å². The molecule has 0 aliphatic rings. The summed E-state index contributed by atoms with van der Waals surface area (Å²) in [5.41, 5.74) is 0.0522. The average Bonchev–Trinajstić information content (AvgIpc) is 2.79. The molecule has 0 aliphatic carbocycles. The normalized spacial score (nSPS) is 11.7. The molecule has 3 rings (SSSR count). The molecule has 0 fully saturated rings. The van der Waals surface area contributed by atoms with Crippen molar-refractivity contribution < 1.29 is 31.1 Å². The van der Waals surface area contributed by atoms with E-state index in [-0.39, 0.29) is 30.6 Å². The van der Waals surface area contributed by atoms with Crippen LogP contribution in [0.25, 0.3) is 0 Å². The monoisotopic (exact) mass is 540 g/mol. The zero-order chi connectivity index (χ0) is 26.5. The highest BCUT2D eigenvalue weighted by Crippen LogP contribution is 2.39. The van der Waals surface area contributed by atoms with Gasteiger partial charge in [-0.3, -0.25) is 9.10 Å². The molecule has 0 unspecified atom stereocenters. The molecular weight excluding hydrogens is 517 g/mol. The Morgan fingerprint density at radius 3 is 2.36 bits per heavy atom. The number of anilines is 1. The minimum Gasteiger partial charge on any atom is -0.492 e. The highest BCUT2D eigenvalue weighted by Gasteiger charge is 2.37. The summed E-state index contributed by atoms with van der Waals surface area (Å²) in [7, 11) is -4.08. The molecule has 1 amide bonds. The van der Waals surface area contributed by atoms with E-state index in [0.29, 0.717) is 27.2 Å². The molecule has 0 bridgehead atoms. The first-order chi connectivity index (χ1) is 16.8. The molecule has 0 atom stereocenters. The topological polar surface area (TPSA) is 75.7 Å². The minimum absolute atomic E-state index is 0.167. The Bertz CT molecular complexity index is 1330. The molecule has 192 valence electrons. The second kappa shape index (κ2) is 11.2. The lowest BCUT2D eigenvalue weighted by Crippen LogP contribution is -2.31. The standard InChI is InChI=1S/C25H24ClF3N2O4S/c1-17-4-3-5-21(14-17)35-13-12-30-24(32)19-8-6-18(7-9-19)16-31(36(2,33)34)23-11-10-20(26)15-22(23)25(27,28)29/h3-11,14-15H,12-13,16H2,1-2H3,(H,30,32). The number of benzene rings is 3. The number of carbonyl (C=O) groups is 1. The first-order valence-electron chi connectivity index (χ1n) is 10.8. The van der Waals surface area contributed by atoms with Gasteiger partial charge >= 0.3 is 6.18 Å². The number of ether oxygens (including phenoxy) is 1. The lowest BCUT2D eigenvalue weighted by molar-refractivity contribution is -0.137. The van der Waals surface area contributed by atoms with Gasteiger partial charge in [-0.15, -0.1) is 0 Å². The second-order valence-corrected chi connectivity index (χ2v) is 10.4. The lowest BCUT2D eigenvalue weighted by atomic mass is 10.1. The summed E-state index contributed by atoms with van der Waals surface area (Å²) in [6.07, 6.45) is -3.99. The fourth-order valence-corrected chi connectivity index (χ4v) is 4.47. The number of aryl methyl sites for hydroxylation is 1. The number of amides is 1. The third kappa shape index (κ3) is 7.38. The van der Waals surface area contributed by atoms with E-state index in [1.165, 1.54) is 30.3 Å². The van der Waals surface area contributed by atoms with Gasteiger partial charge in [0.1, 0.15) is 12.4 Å². The van der Waals surface area contributed by atoms with Crippen molar-refractivity contribution in [2.45, 2.75) is 19.6 Å². The van der Waals surface area contributed by atoms with E-state index in [9.17, 15) is 26.4 Å². The second-order valence-electron chi connectivity index (χ2n) is 8.05. The number of rotatable bonds is 9. The van der Waals surface area contributed by atoms with Crippen molar-refractivity contribution in [2.24, 2.45) is 0 Å². The highest BCUT2D eigenvalue weighted by molar-refractivity contribution is 7.92. The number of hydrogen-bond donors (Lipinski definition) is 1. The quantitative estimate of drug-likeness (QED) is 0.367. The van der Waals surface area contributed by atoms with E-state index >= 15 is 0 Å². The molecule has 0 aliphatic heterocycles. The van der Waals surface area contributed by atoms with Crippen molar-refractivity contribution in [2.75, 3.05) is 23.7 Å². The van der Waals surface area contributed by atoms with Crippen LogP contribution in [0.3, 0.4) is 0 Å². The van der Waals surface area contributed by atoms with Gasteiger partial charge in [-0.25, -0.2) is 8.42 Å². The summed E-state index contributed by atoms with van der Waals surface area (Å²) < 4.78 is 71.7. The molecule has 0 saturated carbocycles. The number of nitrogens with one attached hydrogen (secondary N) is 1. The molecule has 11 heteroatoms. The predicted molar refractivity (Wildman–Crippen MR) is 133 cm³/mol. The fraction of sp³-hybridized carbons (Fsp3) is 0.240. The van der Waals surface area contributed by atoms with Gasteiger partial charge in [0.15, 0.2) is 0 Å². The van der Waals surface area contributed by atoms with Crippen molar-refractivity contribution in [1.29, 1.82) is 0 Å². The Labute approximate surface area is 212 Å². The summed E-state index contributed by atoms with van der Waals surface area (Å²) in [5.74, 6) is 0.324. The van der Waals surface area contributed by atoms with Gasteiger partial charge in [0.05, 0.1) is 30.6 Å². The molecule has 6 nitrogen and oxygen atoms in total. The zero-order valence-electron chi connectivity index (χ0n) is 19.5. The van der Waals surface area contributed by atoms with Crippen molar-refractivity contribution in [3.05, 3.63) is 94.0 Å².